The molecule has 0 bridgehead atoms. The number of nitro groups is 1. The summed E-state index contributed by atoms with van der Waals surface area (Å²) < 4.78 is 0. The standard InChI is InChI=1S/C29H28N4O4S2/c1-29(2,3)17-25(34)30-21-12-14-23(15-13-21)39-26(19-8-5-4-6-9-19)27(35)32-28-31-24(18-38-28)20-10-7-11-22(16-20)33(36)37/h4-16,18,26H,17H2,1-3H3,(H,30,34)(H,31,32,35). The highest BCUT2D eigenvalue weighted by molar-refractivity contribution is 8.00. The number of nitrogens with one attached hydrogen (secondary N) is 2. The van der Waals surface area contributed by atoms with Gasteiger partial charge in [-0.15, -0.1) is 23.1 Å². The molecule has 0 spiro atoms. The average Bonchev–Trinajstić information content (AvgIpc) is 3.36. The Labute approximate surface area is 235 Å². The van der Waals surface area contributed by atoms with Crippen LogP contribution in [0.1, 0.15) is 38.0 Å². The van der Waals surface area contributed by atoms with E-state index >= 15 is 0 Å². The Hall–Kier alpha value is -4.02. The van der Waals surface area contributed by atoms with Gasteiger partial charge in [0, 0.05) is 40.1 Å². The zero-order chi connectivity index (χ0) is 28.0. The Balaban J connectivity index is 1.48. The summed E-state index contributed by atoms with van der Waals surface area (Å²) in [6.07, 6.45) is 0.416. The molecule has 4 rings (SSSR count). The third-order valence-electron chi connectivity index (χ3n) is 5.51. The van der Waals surface area contributed by atoms with Crippen LogP contribution in [0.3, 0.4) is 0 Å². The third kappa shape index (κ3) is 7.98. The van der Waals surface area contributed by atoms with Crippen LogP contribution < -0.4 is 10.6 Å². The molecular formula is C29H28N4O4S2. The lowest BCUT2D eigenvalue weighted by Gasteiger charge is -2.18. The molecule has 0 fully saturated rings. The summed E-state index contributed by atoms with van der Waals surface area (Å²) in [4.78, 5) is 41.7. The van der Waals surface area contributed by atoms with E-state index in [0.717, 1.165) is 10.5 Å². The molecule has 1 unspecified atom stereocenters. The van der Waals surface area contributed by atoms with Gasteiger partial charge in [-0.1, -0.05) is 63.2 Å². The third-order valence-corrected chi connectivity index (χ3v) is 7.53. The van der Waals surface area contributed by atoms with E-state index in [1.807, 2.05) is 75.4 Å². The van der Waals surface area contributed by atoms with Crippen molar-refractivity contribution in [3.63, 3.8) is 0 Å². The van der Waals surface area contributed by atoms with Crippen LogP contribution in [-0.2, 0) is 9.59 Å². The van der Waals surface area contributed by atoms with Crippen molar-refractivity contribution in [1.29, 1.82) is 0 Å². The summed E-state index contributed by atoms with van der Waals surface area (Å²) in [7, 11) is 0. The Morgan fingerprint density at radius 2 is 1.72 bits per heavy atom. The van der Waals surface area contributed by atoms with Crippen molar-refractivity contribution in [3.8, 4) is 11.3 Å². The van der Waals surface area contributed by atoms with Crippen LogP contribution in [0.4, 0.5) is 16.5 Å². The number of nitrogens with zero attached hydrogens (tertiary/aromatic N) is 2. The van der Waals surface area contributed by atoms with Crippen molar-refractivity contribution < 1.29 is 14.5 Å². The first kappa shape index (κ1) is 28.0. The number of thiazole rings is 1. The van der Waals surface area contributed by atoms with Crippen LogP contribution in [0.15, 0.2) is 89.1 Å². The van der Waals surface area contributed by atoms with Crippen LogP contribution >= 0.6 is 23.1 Å². The molecule has 2 N–H and O–H groups in total. The molecule has 3 aromatic carbocycles. The molecule has 1 aromatic heterocycles. The number of hydrogen-bond acceptors (Lipinski definition) is 7. The lowest BCUT2D eigenvalue weighted by atomic mass is 9.92. The van der Waals surface area contributed by atoms with Gasteiger partial charge in [-0.25, -0.2) is 4.98 Å². The second-order valence-electron chi connectivity index (χ2n) is 10.1. The predicted octanol–water partition coefficient (Wildman–Crippen LogP) is 7.57. The number of aromatic nitrogens is 1. The normalized spacial score (nSPS) is 12.0. The van der Waals surface area contributed by atoms with E-state index in [1.165, 1.54) is 35.2 Å². The number of non-ortho nitro benzene ring substituents is 1. The zero-order valence-electron chi connectivity index (χ0n) is 21.7. The maximum atomic E-state index is 13.4. The Kier molecular flexibility index (Phi) is 8.78. The van der Waals surface area contributed by atoms with Gasteiger partial charge in [0.15, 0.2) is 5.13 Å². The maximum absolute atomic E-state index is 13.4. The first-order valence-corrected chi connectivity index (χ1v) is 14.0. The smallest absolute Gasteiger partial charge is 0.270 e. The van der Waals surface area contributed by atoms with Crippen LogP contribution in [0.2, 0.25) is 0 Å². The number of benzene rings is 3. The molecule has 0 saturated carbocycles. The predicted molar refractivity (Wildman–Crippen MR) is 157 cm³/mol. The number of rotatable bonds is 9. The lowest BCUT2D eigenvalue weighted by Crippen LogP contribution is -2.19. The van der Waals surface area contributed by atoms with Gasteiger partial charge in [0.05, 0.1) is 10.6 Å². The molecule has 1 atom stereocenters. The van der Waals surface area contributed by atoms with Crippen molar-refractivity contribution in [2.24, 2.45) is 5.41 Å². The summed E-state index contributed by atoms with van der Waals surface area (Å²) >= 11 is 2.65. The number of carbonyl (C=O) groups excluding carboxylic acids is 2. The van der Waals surface area contributed by atoms with E-state index in [4.69, 9.17) is 0 Å². The van der Waals surface area contributed by atoms with Crippen LogP contribution in [0.25, 0.3) is 11.3 Å². The van der Waals surface area contributed by atoms with E-state index in [2.05, 4.69) is 15.6 Å². The van der Waals surface area contributed by atoms with Gasteiger partial charge >= 0.3 is 0 Å². The highest BCUT2D eigenvalue weighted by Gasteiger charge is 2.24. The molecular weight excluding hydrogens is 532 g/mol. The monoisotopic (exact) mass is 560 g/mol. The average molecular weight is 561 g/mol. The van der Waals surface area contributed by atoms with Crippen LogP contribution in [-0.4, -0.2) is 21.7 Å². The minimum Gasteiger partial charge on any atom is -0.326 e. The van der Waals surface area contributed by atoms with Gasteiger partial charge in [-0.05, 0) is 35.2 Å². The fourth-order valence-corrected chi connectivity index (χ4v) is 5.50. The van der Waals surface area contributed by atoms with Gasteiger partial charge in [0.1, 0.15) is 5.25 Å². The molecule has 0 aliphatic carbocycles. The molecule has 39 heavy (non-hydrogen) atoms. The first-order chi connectivity index (χ1) is 18.6. The van der Waals surface area contributed by atoms with Gasteiger partial charge in [0.25, 0.3) is 5.69 Å². The van der Waals surface area contributed by atoms with Crippen LogP contribution in [0.5, 0.6) is 0 Å². The fraction of sp³-hybridized carbons (Fsp3) is 0.207. The first-order valence-electron chi connectivity index (χ1n) is 12.2. The van der Waals surface area contributed by atoms with E-state index in [9.17, 15) is 19.7 Å². The Morgan fingerprint density at radius 3 is 2.38 bits per heavy atom. The van der Waals surface area contributed by atoms with Crippen molar-refractivity contribution in [2.75, 3.05) is 10.6 Å². The lowest BCUT2D eigenvalue weighted by molar-refractivity contribution is -0.384. The molecule has 2 amide bonds. The van der Waals surface area contributed by atoms with Crippen molar-refractivity contribution in [2.45, 2.75) is 37.3 Å². The number of carbonyl (C=O) groups is 2. The molecule has 1 heterocycles. The second-order valence-corrected chi connectivity index (χ2v) is 12.1. The van der Waals surface area contributed by atoms with E-state index in [0.29, 0.717) is 28.5 Å². The second kappa shape index (κ2) is 12.2. The fourth-order valence-electron chi connectivity index (χ4n) is 3.75. The number of thioether (sulfide) groups is 1. The van der Waals surface area contributed by atoms with Crippen molar-refractivity contribution in [1.82, 2.24) is 4.98 Å². The van der Waals surface area contributed by atoms with Crippen molar-refractivity contribution >= 4 is 51.4 Å². The number of amides is 2. The maximum Gasteiger partial charge on any atom is 0.270 e. The minimum absolute atomic E-state index is 0.0218. The SMILES string of the molecule is CC(C)(C)CC(=O)Nc1ccc(SC(C(=O)Nc2nc(-c3cccc([N+](=O)[O-])c3)cs2)c2ccccc2)cc1. The number of nitro benzene ring substituents is 1. The summed E-state index contributed by atoms with van der Waals surface area (Å²) in [5.41, 5.74) is 2.56. The molecule has 4 aromatic rings. The van der Waals surface area contributed by atoms with Gasteiger partial charge in [-0.3, -0.25) is 19.7 Å². The highest BCUT2D eigenvalue weighted by atomic mass is 32.2. The number of anilines is 2. The van der Waals surface area contributed by atoms with E-state index < -0.39 is 10.2 Å². The topological polar surface area (TPSA) is 114 Å². The Morgan fingerprint density at radius 1 is 1.00 bits per heavy atom. The molecule has 200 valence electrons. The summed E-state index contributed by atoms with van der Waals surface area (Å²) in [5.74, 6) is -0.286. The molecule has 0 saturated heterocycles. The quantitative estimate of drug-likeness (QED) is 0.124. The van der Waals surface area contributed by atoms with Gasteiger partial charge in [0.2, 0.25) is 11.8 Å². The van der Waals surface area contributed by atoms with E-state index in [1.54, 1.807) is 17.5 Å². The minimum atomic E-state index is -0.558. The molecule has 8 nitrogen and oxygen atoms in total. The van der Waals surface area contributed by atoms with Gasteiger partial charge < -0.3 is 10.6 Å². The molecule has 0 aliphatic heterocycles. The molecule has 0 radical (unpaired) electrons. The van der Waals surface area contributed by atoms with E-state index in [-0.39, 0.29) is 22.9 Å². The Bertz CT molecular complexity index is 1460. The highest BCUT2D eigenvalue weighted by Crippen LogP contribution is 2.37. The summed E-state index contributed by atoms with van der Waals surface area (Å²) in [6.45, 7) is 6.05. The van der Waals surface area contributed by atoms with Gasteiger partial charge in [-0.2, -0.15) is 0 Å². The molecule has 0 aliphatic rings. The zero-order valence-corrected chi connectivity index (χ0v) is 23.3. The summed E-state index contributed by atoms with van der Waals surface area (Å²) in [5, 5.41) is 18.5. The summed E-state index contributed by atoms with van der Waals surface area (Å²) in [6, 6.07) is 23.1. The molecule has 10 heteroatoms. The van der Waals surface area contributed by atoms with Crippen LogP contribution in [0, 0.1) is 15.5 Å². The largest absolute Gasteiger partial charge is 0.326 e. The van der Waals surface area contributed by atoms with Crippen molar-refractivity contribution in [3.05, 3.63) is 99.9 Å². The number of hydrogen-bond donors (Lipinski definition) is 2.